The monoisotopic (exact) mass is 107 g/mol. The molecule has 0 aromatic heterocycles. The molecule has 0 aliphatic rings. The predicted octanol–water partition coefficient (Wildman–Crippen LogP) is 0.625. The maximum absolute atomic E-state index is 11.8. The molecule has 0 saturated carbocycles. The summed E-state index contributed by atoms with van der Waals surface area (Å²) in [5.74, 6) is 4.61. The van der Waals surface area contributed by atoms with E-state index >= 15 is 0 Å². The molecule has 0 spiro atoms. The number of hydrogen-bond acceptors (Lipinski definition) is 2. The third-order valence-electron chi connectivity index (χ3n) is 0.633. The zero-order chi connectivity index (χ0) is 5.70. The average molecular weight is 107 g/mol. The fraction of sp³-hybridized carbons (Fsp3) is 1.00. The number of rotatable bonds is 3. The Morgan fingerprint density at radius 1 is 1.86 bits per heavy atom. The molecule has 44 valence electrons. The molecule has 0 bridgehead atoms. The van der Waals surface area contributed by atoms with Crippen molar-refractivity contribution in [3.05, 3.63) is 0 Å². The van der Waals surface area contributed by atoms with Crippen LogP contribution in [0.2, 0.25) is 0 Å². The van der Waals surface area contributed by atoms with Gasteiger partial charge in [-0.15, -0.1) is 0 Å². The summed E-state index contributed by atoms with van der Waals surface area (Å²) >= 11 is 0. The van der Waals surface area contributed by atoms with E-state index in [1.807, 2.05) is 0 Å². The van der Waals surface area contributed by atoms with Crippen LogP contribution in [0, 0.1) is 0 Å². The van der Waals surface area contributed by atoms with E-state index in [1.54, 1.807) is 0 Å². The van der Waals surface area contributed by atoms with Gasteiger partial charge in [0.2, 0.25) is 0 Å². The Labute approximate surface area is 42.4 Å². The summed E-state index contributed by atoms with van der Waals surface area (Å²) in [6.07, 6.45) is -0.417. The van der Waals surface area contributed by atoms with E-state index in [0.29, 0.717) is 13.0 Å². The van der Waals surface area contributed by atoms with Gasteiger partial charge >= 0.3 is 0 Å². The molecule has 2 nitrogen and oxygen atoms in total. The Bertz CT molecular complexity index is 40.7. The van der Waals surface area contributed by atoms with Crippen molar-refractivity contribution < 1.29 is 9.23 Å². The maximum atomic E-state index is 11.8. The fourth-order valence-corrected chi connectivity index (χ4v) is 0.230. The van der Waals surface area contributed by atoms with E-state index in [0.717, 1.165) is 0 Å². The molecular formula is C4H10FNO. The van der Waals surface area contributed by atoms with Gasteiger partial charge in [-0.05, 0) is 6.92 Å². The van der Waals surface area contributed by atoms with Gasteiger partial charge in [0.1, 0.15) is 0 Å². The highest BCUT2D eigenvalue weighted by atomic mass is 19.1. The molecule has 0 amide bonds. The van der Waals surface area contributed by atoms with Gasteiger partial charge in [-0.3, -0.25) is 0 Å². The van der Waals surface area contributed by atoms with Crippen LogP contribution in [-0.4, -0.2) is 12.8 Å². The maximum Gasteiger partial charge on any atom is 0.0996 e. The first-order valence-electron chi connectivity index (χ1n) is 2.23. The van der Waals surface area contributed by atoms with E-state index < -0.39 is 6.17 Å². The number of halogens is 1. The Hall–Kier alpha value is -0.150. The third-order valence-corrected chi connectivity index (χ3v) is 0.633. The predicted molar refractivity (Wildman–Crippen MR) is 25.3 cm³/mol. The van der Waals surface area contributed by atoms with E-state index in [-0.39, 0.29) is 0 Å². The largest absolute Gasteiger partial charge is 0.305 e. The quantitative estimate of drug-likeness (QED) is 0.537. The number of nitrogens with two attached hydrogens (primary N) is 1. The second-order valence-corrected chi connectivity index (χ2v) is 1.44. The molecule has 3 heteroatoms. The lowest BCUT2D eigenvalue weighted by Gasteiger charge is -1.96. The minimum Gasteiger partial charge on any atom is -0.305 e. The SMILES string of the molecule is CC(F)CCON. The van der Waals surface area contributed by atoms with Gasteiger partial charge in [-0.1, -0.05) is 0 Å². The normalized spacial score (nSPS) is 14.1. The zero-order valence-corrected chi connectivity index (χ0v) is 4.36. The Kier molecular flexibility index (Phi) is 3.93. The zero-order valence-electron chi connectivity index (χ0n) is 4.36. The van der Waals surface area contributed by atoms with Gasteiger partial charge in [0.15, 0.2) is 0 Å². The van der Waals surface area contributed by atoms with Crippen molar-refractivity contribution in [3.8, 4) is 0 Å². The molecule has 0 aromatic rings. The minimum absolute atomic E-state index is 0.303. The molecule has 0 radical (unpaired) electrons. The van der Waals surface area contributed by atoms with Gasteiger partial charge in [-0.25, -0.2) is 10.3 Å². The third kappa shape index (κ3) is 5.85. The van der Waals surface area contributed by atoms with Crippen molar-refractivity contribution in [2.45, 2.75) is 19.5 Å². The molecule has 0 fully saturated rings. The van der Waals surface area contributed by atoms with Crippen LogP contribution in [0.3, 0.4) is 0 Å². The van der Waals surface area contributed by atoms with Crippen LogP contribution in [0.4, 0.5) is 4.39 Å². The summed E-state index contributed by atoms with van der Waals surface area (Å²) in [5, 5.41) is 0. The first-order chi connectivity index (χ1) is 3.27. The molecule has 0 aliphatic carbocycles. The lowest BCUT2D eigenvalue weighted by Crippen LogP contribution is -2.05. The summed E-state index contributed by atoms with van der Waals surface area (Å²) in [7, 11) is 0. The molecule has 7 heavy (non-hydrogen) atoms. The van der Waals surface area contributed by atoms with E-state index in [9.17, 15) is 4.39 Å². The number of hydrogen-bond donors (Lipinski definition) is 1. The van der Waals surface area contributed by atoms with Crippen LogP contribution in [0.1, 0.15) is 13.3 Å². The molecule has 0 saturated heterocycles. The average Bonchev–Trinajstić information content (AvgIpc) is 1.61. The van der Waals surface area contributed by atoms with E-state index in [2.05, 4.69) is 10.7 Å². The minimum atomic E-state index is -0.802. The van der Waals surface area contributed by atoms with Crippen LogP contribution >= 0.6 is 0 Å². The standard InChI is InChI=1S/C4H10FNO/c1-4(5)2-3-7-6/h4H,2-3,6H2,1H3. The van der Waals surface area contributed by atoms with Gasteiger partial charge in [0, 0.05) is 6.42 Å². The summed E-state index contributed by atoms with van der Waals surface area (Å²) in [4.78, 5) is 4.11. The molecule has 0 aliphatic heterocycles. The summed E-state index contributed by atoms with van der Waals surface area (Å²) in [5.41, 5.74) is 0. The van der Waals surface area contributed by atoms with Crippen molar-refractivity contribution >= 4 is 0 Å². The van der Waals surface area contributed by atoms with Crippen molar-refractivity contribution in [1.29, 1.82) is 0 Å². The van der Waals surface area contributed by atoms with Crippen LogP contribution in [0.5, 0.6) is 0 Å². The molecule has 0 rings (SSSR count). The first-order valence-corrected chi connectivity index (χ1v) is 2.23. The Morgan fingerprint density at radius 3 is 2.57 bits per heavy atom. The lowest BCUT2D eigenvalue weighted by molar-refractivity contribution is 0.117. The first kappa shape index (κ1) is 6.85. The molecule has 1 unspecified atom stereocenters. The van der Waals surface area contributed by atoms with E-state index in [4.69, 9.17) is 0 Å². The van der Waals surface area contributed by atoms with Crippen molar-refractivity contribution in [2.75, 3.05) is 6.61 Å². The second-order valence-electron chi connectivity index (χ2n) is 1.44. The lowest BCUT2D eigenvalue weighted by atomic mass is 10.3. The van der Waals surface area contributed by atoms with Gasteiger partial charge in [0.25, 0.3) is 0 Å². The van der Waals surface area contributed by atoms with E-state index in [1.165, 1.54) is 6.92 Å². The van der Waals surface area contributed by atoms with Crippen molar-refractivity contribution in [3.63, 3.8) is 0 Å². The molecule has 2 N–H and O–H groups in total. The van der Waals surface area contributed by atoms with Crippen LogP contribution in [0.25, 0.3) is 0 Å². The smallest absolute Gasteiger partial charge is 0.0996 e. The van der Waals surface area contributed by atoms with Gasteiger partial charge < -0.3 is 4.84 Å². The summed E-state index contributed by atoms with van der Waals surface area (Å²) < 4.78 is 11.8. The highest BCUT2D eigenvalue weighted by Gasteiger charge is 1.93. The molecular weight excluding hydrogens is 97.0 g/mol. The highest BCUT2D eigenvalue weighted by Crippen LogP contribution is 1.92. The highest BCUT2D eigenvalue weighted by molar-refractivity contribution is 4.42. The fourth-order valence-electron chi connectivity index (χ4n) is 0.230. The van der Waals surface area contributed by atoms with Gasteiger partial charge in [0.05, 0.1) is 12.8 Å². The summed E-state index contributed by atoms with van der Waals surface area (Å²) in [6, 6.07) is 0. The number of alkyl halides is 1. The Morgan fingerprint density at radius 2 is 2.43 bits per heavy atom. The second kappa shape index (κ2) is 4.02. The molecule has 0 aromatic carbocycles. The van der Waals surface area contributed by atoms with Crippen LogP contribution in [-0.2, 0) is 4.84 Å². The van der Waals surface area contributed by atoms with Gasteiger partial charge in [-0.2, -0.15) is 0 Å². The topological polar surface area (TPSA) is 35.2 Å². The molecule has 1 atom stereocenters. The van der Waals surface area contributed by atoms with Crippen LogP contribution in [0.15, 0.2) is 0 Å². The van der Waals surface area contributed by atoms with Crippen molar-refractivity contribution in [1.82, 2.24) is 0 Å². The Balaban J connectivity index is 2.68. The summed E-state index contributed by atoms with van der Waals surface area (Å²) in [6.45, 7) is 1.77. The van der Waals surface area contributed by atoms with Crippen LogP contribution < -0.4 is 5.90 Å². The van der Waals surface area contributed by atoms with Crippen molar-refractivity contribution in [2.24, 2.45) is 5.90 Å². The molecule has 0 heterocycles.